The average molecular weight is 398 g/mol. The summed E-state index contributed by atoms with van der Waals surface area (Å²) in [6, 6.07) is 9.28. The van der Waals surface area contributed by atoms with Crippen LogP contribution in [0.25, 0.3) is 0 Å². The lowest BCUT2D eigenvalue weighted by molar-refractivity contribution is -0.120. The largest absolute Gasteiger partial charge is 0.495 e. The van der Waals surface area contributed by atoms with E-state index >= 15 is 0 Å². The maximum absolute atomic E-state index is 12.8. The van der Waals surface area contributed by atoms with Gasteiger partial charge < -0.3 is 15.0 Å². The Kier molecular flexibility index (Phi) is 6.69. The number of hydrogen-bond donors (Lipinski definition) is 1. The highest BCUT2D eigenvalue weighted by Gasteiger charge is 2.27. The van der Waals surface area contributed by atoms with Crippen LogP contribution in [0.15, 0.2) is 30.3 Å². The predicted molar refractivity (Wildman–Crippen MR) is 116 cm³/mol. The molecule has 1 aliphatic heterocycles. The molecule has 0 unspecified atom stereocenters. The highest BCUT2D eigenvalue weighted by atomic mass is 16.5. The van der Waals surface area contributed by atoms with Crippen molar-refractivity contribution in [2.24, 2.45) is 0 Å². The van der Waals surface area contributed by atoms with Crippen LogP contribution in [0.4, 0.5) is 11.5 Å². The smallest absolute Gasteiger partial charge is 0.241 e. The summed E-state index contributed by atoms with van der Waals surface area (Å²) < 4.78 is 5.32. The summed E-state index contributed by atoms with van der Waals surface area (Å²) in [5, 5.41) is 2.99. The molecule has 1 fully saturated rings. The lowest BCUT2D eigenvalue weighted by atomic mass is 10.2. The van der Waals surface area contributed by atoms with Gasteiger partial charge >= 0.3 is 0 Å². The molecule has 1 amide bonds. The van der Waals surface area contributed by atoms with Crippen LogP contribution < -0.4 is 15.0 Å². The molecule has 7 heteroatoms. The van der Waals surface area contributed by atoms with Crippen LogP contribution in [0.2, 0.25) is 0 Å². The molecule has 1 saturated heterocycles. The minimum Gasteiger partial charge on any atom is -0.495 e. The maximum atomic E-state index is 12.8. The normalized spacial score (nSPS) is 16.0. The zero-order chi connectivity index (χ0) is 21.0. The first kappa shape index (κ1) is 21.0. The Hall–Kier alpha value is -2.67. The number of methoxy groups -OCH3 is 1. The van der Waals surface area contributed by atoms with E-state index in [1.807, 2.05) is 44.2 Å². The fourth-order valence-electron chi connectivity index (χ4n) is 3.48. The fourth-order valence-corrected chi connectivity index (χ4v) is 3.48. The summed E-state index contributed by atoms with van der Waals surface area (Å²) in [6.07, 6.45) is 0. The van der Waals surface area contributed by atoms with E-state index in [1.54, 1.807) is 7.11 Å². The Balaban J connectivity index is 1.61. The highest BCUT2D eigenvalue weighted by molar-refractivity contribution is 5.95. The van der Waals surface area contributed by atoms with Crippen LogP contribution >= 0.6 is 0 Å². The van der Waals surface area contributed by atoms with E-state index in [2.05, 4.69) is 33.9 Å². The van der Waals surface area contributed by atoms with Gasteiger partial charge in [0, 0.05) is 43.9 Å². The monoisotopic (exact) mass is 397 g/mol. The first-order chi connectivity index (χ1) is 13.9. The number of anilines is 2. The first-order valence-electron chi connectivity index (χ1n) is 10.2. The van der Waals surface area contributed by atoms with Gasteiger partial charge in [-0.2, -0.15) is 0 Å². The van der Waals surface area contributed by atoms with Crippen molar-refractivity contribution in [3.05, 3.63) is 41.9 Å². The summed E-state index contributed by atoms with van der Waals surface area (Å²) in [6.45, 7) is 11.5. The quantitative estimate of drug-likeness (QED) is 0.808. The van der Waals surface area contributed by atoms with Crippen LogP contribution in [-0.2, 0) is 4.79 Å². The van der Waals surface area contributed by atoms with Crippen molar-refractivity contribution in [2.45, 2.75) is 39.7 Å². The molecule has 7 nitrogen and oxygen atoms in total. The van der Waals surface area contributed by atoms with Crippen molar-refractivity contribution in [3.63, 3.8) is 0 Å². The third-order valence-corrected chi connectivity index (χ3v) is 5.30. The molecule has 1 aliphatic rings. The van der Waals surface area contributed by atoms with Crippen molar-refractivity contribution in [3.8, 4) is 5.75 Å². The number of piperazine rings is 1. The van der Waals surface area contributed by atoms with E-state index in [1.165, 1.54) is 0 Å². The molecule has 2 heterocycles. The van der Waals surface area contributed by atoms with Crippen molar-refractivity contribution in [1.82, 2.24) is 14.9 Å². The summed E-state index contributed by atoms with van der Waals surface area (Å²) in [5.41, 5.74) is 1.69. The lowest BCUT2D eigenvalue weighted by Gasteiger charge is -2.38. The minimum absolute atomic E-state index is 0.0251. The van der Waals surface area contributed by atoms with Crippen LogP contribution in [0, 0.1) is 6.92 Å². The SMILES string of the molecule is COc1ccccc1NC(=O)[C@@H](C)N1CCN(c2cc(C)nc(C(C)C)n2)CC1. The van der Waals surface area contributed by atoms with E-state index in [0.29, 0.717) is 17.4 Å². The molecule has 0 spiro atoms. The van der Waals surface area contributed by atoms with Crippen molar-refractivity contribution in [1.29, 1.82) is 0 Å². The van der Waals surface area contributed by atoms with Gasteiger partial charge in [-0.05, 0) is 26.0 Å². The van der Waals surface area contributed by atoms with Gasteiger partial charge in [-0.3, -0.25) is 9.69 Å². The third-order valence-electron chi connectivity index (χ3n) is 5.30. The number of carbonyl (C=O) groups excluding carboxylic acids is 1. The van der Waals surface area contributed by atoms with Gasteiger partial charge in [0.15, 0.2) is 0 Å². The van der Waals surface area contributed by atoms with Gasteiger partial charge in [0.05, 0.1) is 18.8 Å². The number of para-hydroxylation sites is 2. The molecule has 156 valence electrons. The van der Waals surface area contributed by atoms with Crippen LogP contribution in [0.1, 0.15) is 38.2 Å². The van der Waals surface area contributed by atoms with Gasteiger partial charge in [-0.25, -0.2) is 9.97 Å². The number of aryl methyl sites for hydroxylation is 1. The predicted octanol–water partition coefficient (Wildman–Crippen LogP) is 3.07. The van der Waals surface area contributed by atoms with Gasteiger partial charge in [0.2, 0.25) is 5.91 Å². The number of amides is 1. The number of ether oxygens (including phenoxy) is 1. The third kappa shape index (κ3) is 5.03. The molecule has 0 aliphatic carbocycles. The van der Waals surface area contributed by atoms with E-state index in [0.717, 1.165) is 43.5 Å². The molecule has 1 atom stereocenters. The molecule has 1 aromatic carbocycles. The zero-order valence-corrected chi connectivity index (χ0v) is 18.0. The number of aromatic nitrogens is 2. The first-order valence-corrected chi connectivity index (χ1v) is 10.2. The molecular formula is C22H31N5O2. The van der Waals surface area contributed by atoms with Crippen molar-refractivity contribution in [2.75, 3.05) is 43.5 Å². The second kappa shape index (κ2) is 9.22. The van der Waals surface area contributed by atoms with E-state index < -0.39 is 0 Å². The molecule has 1 aromatic heterocycles. The van der Waals surface area contributed by atoms with Crippen LogP contribution in [0.5, 0.6) is 5.75 Å². The Morgan fingerprint density at radius 3 is 2.45 bits per heavy atom. The molecule has 2 aromatic rings. The Morgan fingerprint density at radius 2 is 1.79 bits per heavy atom. The maximum Gasteiger partial charge on any atom is 0.241 e. The number of benzene rings is 1. The highest BCUT2D eigenvalue weighted by Crippen LogP contribution is 2.24. The summed E-state index contributed by atoms with van der Waals surface area (Å²) >= 11 is 0. The van der Waals surface area contributed by atoms with Crippen LogP contribution in [-0.4, -0.2) is 60.1 Å². The van der Waals surface area contributed by atoms with Crippen LogP contribution in [0.3, 0.4) is 0 Å². The van der Waals surface area contributed by atoms with E-state index in [-0.39, 0.29) is 11.9 Å². The Morgan fingerprint density at radius 1 is 1.10 bits per heavy atom. The zero-order valence-electron chi connectivity index (χ0n) is 18.0. The lowest BCUT2D eigenvalue weighted by Crippen LogP contribution is -2.53. The van der Waals surface area contributed by atoms with Gasteiger partial charge in [0.25, 0.3) is 0 Å². The fraction of sp³-hybridized carbons (Fsp3) is 0.500. The topological polar surface area (TPSA) is 70.6 Å². The second-order valence-electron chi connectivity index (χ2n) is 7.77. The van der Waals surface area contributed by atoms with E-state index in [9.17, 15) is 4.79 Å². The van der Waals surface area contributed by atoms with Gasteiger partial charge in [-0.15, -0.1) is 0 Å². The molecule has 3 rings (SSSR count). The number of nitrogens with zero attached hydrogens (tertiary/aromatic N) is 4. The molecule has 1 N–H and O–H groups in total. The van der Waals surface area contributed by atoms with Gasteiger partial charge in [-0.1, -0.05) is 26.0 Å². The molecule has 0 radical (unpaired) electrons. The summed E-state index contributed by atoms with van der Waals surface area (Å²) in [5.74, 6) is 2.80. The average Bonchev–Trinajstić information content (AvgIpc) is 2.73. The molecule has 29 heavy (non-hydrogen) atoms. The number of nitrogens with one attached hydrogen (secondary N) is 1. The van der Waals surface area contributed by atoms with Crippen molar-refractivity contribution < 1.29 is 9.53 Å². The summed E-state index contributed by atoms with van der Waals surface area (Å²) in [7, 11) is 1.60. The minimum atomic E-state index is -0.222. The molecule has 0 saturated carbocycles. The Bertz CT molecular complexity index is 847. The van der Waals surface area contributed by atoms with Gasteiger partial charge in [0.1, 0.15) is 17.4 Å². The molecule has 0 bridgehead atoms. The number of rotatable bonds is 6. The second-order valence-corrected chi connectivity index (χ2v) is 7.77. The number of carbonyl (C=O) groups is 1. The van der Waals surface area contributed by atoms with Crippen molar-refractivity contribution >= 4 is 17.4 Å². The van der Waals surface area contributed by atoms with E-state index in [4.69, 9.17) is 9.72 Å². The molecular weight excluding hydrogens is 366 g/mol. The summed E-state index contributed by atoms with van der Waals surface area (Å²) in [4.78, 5) is 26.5. The Labute approximate surface area is 173 Å². The standard InChI is InChI=1S/C22H31N5O2/c1-15(2)21-23-16(3)14-20(25-21)27-12-10-26(11-13-27)17(4)22(28)24-18-8-6-7-9-19(18)29-5/h6-9,14-15,17H,10-13H2,1-5H3,(H,24,28)/t17-/m1/s1. The number of hydrogen-bond acceptors (Lipinski definition) is 6.